The molecule has 0 radical (unpaired) electrons. The Bertz CT molecular complexity index is 694. The van der Waals surface area contributed by atoms with E-state index >= 15 is 0 Å². The highest BCUT2D eigenvalue weighted by Gasteiger charge is 2.14. The fraction of sp³-hybridized carbons (Fsp3) is 0.200. The lowest BCUT2D eigenvalue weighted by Gasteiger charge is -2.03. The maximum atomic E-state index is 6.00. The first-order valence-electron chi connectivity index (χ1n) is 5.14. The van der Waals surface area contributed by atoms with E-state index in [9.17, 15) is 0 Å². The number of H-pyrrole nitrogens is 1. The molecular weight excluding hydrogens is 218 g/mol. The topological polar surface area (TPSA) is 98.3 Å². The van der Waals surface area contributed by atoms with Crippen LogP contribution in [0.25, 0.3) is 17.0 Å². The molecule has 0 aromatic carbocycles. The molecule has 3 rings (SSSR count). The number of aromatic amines is 1. The third-order valence-corrected chi connectivity index (χ3v) is 2.81. The molecule has 0 aliphatic heterocycles. The normalized spacial score (nSPS) is 11.2. The second-order valence-electron chi connectivity index (χ2n) is 3.81. The van der Waals surface area contributed by atoms with Crippen LogP contribution in [0.4, 0.5) is 5.82 Å². The molecule has 0 saturated heterocycles. The van der Waals surface area contributed by atoms with Gasteiger partial charge in [-0.25, -0.2) is 15.0 Å². The molecule has 0 aliphatic carbocycles. The van der Waals surface area contributed by atoms with Crippen molar-refractivity contribution in [3.63, 3.8) is 0 Å². The van der Waals surface area contributed by atoms with Crippen LogP contribution in [-0.2, 0) is 0 Å². The first-order chi connectivity index (χ1) is 8.18. The van der Waals surface area contributed by atoms with Crippen LogP contribution in [0, 0.1) is 13.8 Å². The van der Waals surface area contributed by atoms with E-state index in [1.807, 2.05) is 13.8 Å². The Labute approximate surface area is 96.7 Å². The lowest BCUT2D eigenvalue weighted by atomic mass is 10.3. The lowest BCUT2D eigenvalue weighted by Crippen LogP contribution is -2.05. The van der Waals surface area contributed by atoms with Crippen molar-refractivity contribution in [3.8, 4) is 5.82 Å². The van der Waals surface area contributed by atoms with Gasteiger partial charge in [0.25, 0.3) is 0 Å². The summed E-state index contributed by atoms with van der Waals surface area (Å²) in [7, 11) is 0. The van der Waals surface area contributed by atoms with Gasteiger partial charge in [-0.1, -0.05) is 0 Å². The minimum atomic E-state index is 0.581. The molecule has 0 amide bonds. The predicted octanol–water partition coefficient (Wildman–Crippen LogP) is 0.738. The molecule has 0 bridgehead atoms. The van der Waals surface area contributed by atoms with E-state index in [4.69, 9.17) is 5.73 Å². The predicted molar refractivity (Wildman–Crippen MR) is 62.7 cm³/mol. The summed E-state index contributed by atoms with van der Waals surface area (Å²) in [6.45, 7) is 3.84. The highest BCUT2D eigenvalue weighted by Crippen LogP contribution is 2.21. The number of anilines is 1. The first-order valence-corrected chi connectivity index (χ1v) is 5.14. The van der Waals surface area contributed by atoms with Gasteiger partial charge in [-0.15, -0.1) is 0 Å². The molecule has 7 heteroatoms. The van der Waals surface area contributed by atoms with Crippen LogP contribution in [-0.4, -0.2) is 29.7 Å². The van der Waals surface area contributed by atoms with Crippen molar-refractivity contribution in [1.29, 1.82) is 0 Å². The van der Waals surface area contributed by atoms with Crippen LogP contribution in [0.3, 0.4) is 0 Å². The monoisotopic (exact) mass is 229 g/mol. The van der Waals surface area contributed by atoms with Crippen molar-refractivity contribution < 1.29 is 0 Å². The molecule has 0 spiro atoms. The van der Waals surface area contributed by atoms with Crippen LogP contribution in [0.1, 0.15) is 11.3 Å². The number of aromatic nitrogens is 6. The van der Waals surface area contributed by atoms with Gasteiger partial charge < -0.3 is 10.7 Å². The van der Waals surface area contributed by atoms with E-state index in [0.29, 0.717) is 17.3 Å². The number of nitrogens with two attached hydrogens (primary N) is 1. The fourth-order valence-corrected chi connectivity index (χ4v) is 1.70. The molecule has 0 unspecified atom stereocenters. The van der Waals surface area contributed by atoms with Crippen LogP contribution in [0.15, 0.2) is 12.7 Å². The zero-order valence-electron chi connectivity index (χ0n) is 9.47. The zero-order valence-corrected chi connectivity index (χ0v) is 9.47. The number of nitrogens with zero attached hydrogens (tertiary/aromatic N) is 5. The summed E-state index contributed by atoms with van der Waals surface area (Å²) in [4.78, 5) is 15.3. The van der Waals surface area contributed by atoms with Crippen LogP contribution >= 0.6 is 0 Å². The third-order valence-electron chi connectivity index (χ3n) is 2.81. The van der Waals surface area contributed by atoms with Crippen molar-refractivity contribution in [3.05, 3.63) is 23.9 Å². The number of hydrogen-bond acceptors (Lipinski definition) is 5. The highest BCUT2D eigenvalue weighted by molar-refractivity contribution is 5.78. The molecule has 0 fully saturated rings. The van der Waals surface area contributed by atoms with Gasteiger partial charge in [-0.3, -0.25) is 0 Å². The molecule has 17 heavy (non-hydrogen) atoms. The molecule has 0 saturated carbocycles. The SMILES string of the molecule is Cc1nn(-c2ncnc3nc[nH]c23)c(N)c1C. The summed E-state index contributed by atoms with van der Waals surface area (Å²) in [5.41, 5.74) is 9.16. The summed E-state index contributed by atoms with van der Waals surface area (Å²) in [6.07, 6.45) is 3.02. The Morgan fingerprint density at radius 3 is 2.76 bits per heavy atom. The minimum absolute atomic E-state index is 0.581. The Balaban J connectivity index is 2.34. The molecule has 3 N–H and O–H groups in total. The largest absolute Gasteiger partial charge is 0.383 e. The van der Waals surface area contributed by atoms with Crippen molar-refractivity contribution in [2.75, 3.05) is 5.73 Å². The van der Waals surface area contributed by atoms with Gasteiger partial charge in [0.1, 0.15) is 17.7 Å². The molecule has 86 valence electrons. The first kappa shape index (κ1) is 9.76. The average Bonchev–Trinajstić information content (AvgIpc) is 2.89. The maximum absolute atomic E-state index is 6.00. The van der Waals surface area contributed by atoms with E-state index < -0.39 is 0 Å². The number of fused-ring (bicyclic) bond motifs is 1. The van der Waals surface area contributed by atoms with E-state index in [0.717, 1.165) is 16.8 Å². The van der Waals surface area contributed by atoms with Gasteiger partial charge in [0.05, 0.1) is 12.0 Å². The van der Waals surface area contributed by atoms with Crippen LogP contribution in [0.2, 0.25) is 0 Å². The standard InChI is InChI=1S/C10H11N7/c1-5-6(2)16-17(8(5)11)10-7-9(13-3-12-7)14-4-15-10/h3-4H,11H2,1-2H3,(H,12,13,14,15). The molecule has 3 aromatic heterocycles. The number of nitrogen functional groups attached to an aromatic ring is 1. The molecular formula is C10H11N7. The van der Waals surface area contributed by atoms with Gasteiger partial charge in [0.15, 0.2) is 11.5 Å². The number of aryl methyl sites for hydroxylation is 1. The molecule has 3 aromatic rings. The summed E-state index contributed by atoms with van der Waals surface area (Å²) < 4.78 is 1.60. The summed E-state index contributed by atoms with van der Waals surface area (Å²) in [5, 5.41) is 4.36. The van der Waals surface area contributed by atoms with Crippen molar-refractivity contribution in [2.24, 2.45) is 0 Å². The van der Waals surface area contributed by atoms with E-state index in [-0.39, 0.29) is 0 Å². The fourth-order valence-electron chi connectivity index (χ4n) is 1.70. The third kappa shape index (κ3) is 1.28. The van der Waals surface area contributed by atoms with E-state index in [1.54, 1.807) is 11.0 Å². The Morgan fingerprint density at radius 1 is 1.24 bits per heavy atom. The van der Waals surface area contributed by atoms with Crippen LogP contribution < -0.4 is 5.73 Å². The van der Waals surface area contributed by atoms with Gasteiger partial charge in [0.2, 0.25) is 0 Å². The molecule has 7 nitrogen and oxygen atoms in total. The lowest BCUT2D eigenvalue weighted by molar-refractivity contribution is 0.843. The second kappa shape index (κ2) is 3.27. The molecule has 3 heterocycles. The van der Waals surface area contributed by atoms with Gasteiger partial charge in [0, 0.05) is 5.56 Å². The van der Waals surface area contributed by atoms with Gasteiger partial charge in [-0.2, -0.15) is 9.78 Å². The average molecular weight is 229 g/mol. The summed E-state index contributed by atoms with van der Waals surface area (Å²) in [5.74, 6) is 1.19. The minimum Gasteiger partial charge on any atom is -0.383 e. The molecule has 0 aliphatic rings. The van der Waals surface area contributed by atoms with Crippen molar-refractivity contribution in [2.45, 2.75) is 13.8 Å². The van der Waals surface area contributed by atoms with E-state index in [1.165, 1.54) is 6.33 Å². The number of rotatable bonds is 1. The molecule has 0 atom stereocenters. The van der Waals surface area contributed by atoms with Crippen molar-refractivity contribution >= 4 is 17.0 Å². The van der Waals surface area contributed by atoms with E-state index in [2.05, 4.69) is 25.0 Å². The Hall–Kier alpha value is -2.44. The van der Waals surface area contributed by atoms with Gasteiger partial charge >= 0.3 is 0 Å². The maximum Gasteiger partial charge on any atom is 0.184 e. The Kier molecular flexibility index (Phi) is 1.88. The number of nitrogens with one attached hydrogen (secondary N) is 1. The second-order valence-corrected chi connectivity index (χ2v) is 3.81. The number of hydrogen-bond donors (Lipinski definition) is 2. The zero-order chi connectivity index (χ0) is 12.0. The summed E-state index contributed by atoms with van der Waals surface area (Å²) in [6, 6.07) is 0. The van der Waals surface area contributed by atoms with Crippen molar-refractivity contribution in [1.82, 2.24) is 29.7 Å². The highest BCUT2D eigenvalue weighted by atomic mass is 15.4. The number of imidazole rings is 1. The van der Waals surface area contributed by atoms with Gasteiger partial charge in [-0.05, 0) is 13.8 Å². The quantitative estimate of drug-likeness (QED) is 0.641. The smallest absolute Gasteiger partial charge is 0.184 e. The Morgan fingerprint density at radius 2 is 2.06 bits per heavy atom. The van der Waals surface area contributed by atoms with Crippen LogP contribution in [0.5, 0.6) is 0 Å². The summed E-state index contributed by atoms with van der Waals surface area (Å²) >= 11 is 0.